The smallest absolute Gasteiger partial charge is 0.409 e. The molecule has 8 heteroatoms. The van der Waals surface area contributed by atoms with Gasteiger partial charge in [0.05, 0.1) is 22.3 Å². The number of rotatable bonds is 7. The molecule has 0 bridgehead atoms. The van der Waals surface area contributed by atoms with Crippen molar-refractivity contribution in [2.24, 2.45) is 0 Å². The van der Waals surface area contributed by atoms with Gasteiger partial charge in [-0.2, -0.15) is 0 Å². The molecule has 0 atom stereocenters. The number of benzene rings is 3. The molecule has 0 unspecified atom stereocenters. The minimum Gasteiger partial charge on any atom is -0.465 e. The maximum atomic E-state index is 13.1. The van der Waals surface area contributed by atoms with E-state index in [4.69, 9.17) is 4.98 Å². The van der Waals surface area contributed by atoms with E-state index in [1.54, 1.807) is 12.1 Å². The first-order valence-electron chi connectivity index (χ1n) is 11.4. The minimum absolute atomic E-state index is 0.174. The van der Waals surface area contributed by atoms with Gasteiger partial charge in [-0.3, -0.25) is 10.1 Å². The number of carbonyl (C=O) groups excluding carboxylic acids is 1. The number of hydrogen-bond acceptors (Lipinski definition) is 5. The Labute approximate surface area is 204 Å². The normalized spacial score (nSPS) is 11.1. The third-order valence-corrected chi connectivity index (χ3v) is 5.87. The quantitative estimate of drug-likeness (QED) is 0.279. The topological polar surface area (TPSA) is 107 Å². The number of pyridine rings is 1. The van der Waals surface area contributed by atoms with Crippen molar-refractivity contribution in [2.75, 3.05) is 37.8 Å². The summed E-state index contributed by atoms with van der Waals surface area (Å²) in [5.74, 6) is -0.174. The van der Waals surface area contributed by atoms with Crippen LogP contribution in [0.15, 0.2) is 54.6 Å². The van der Waals surface area contributed by atoms with Gasteiger partial charge in [-0.05, 0) is 57.3 Å². The molecule has 2 amide bonds. The fourth-order valence-corrected chi connectivity index (χ4v) is 4.03. The molecule has 0 saturated heterocycles. The van der Waals surface area contributed by atoms with Crippen molar-refractivity contribution in [2.45, 2.75) is 13.8 Å². The molecule has 1 heterocycles. The van der Waals surface area contributed by atoms with Gasteiger partial charge in [-0.1, -0.05) is 36.4 Å². The Morgan fingerprint density at radius 2 is 1.66 bits per heavy atom. The van der Waals surface area contributed by atoms with E-state index in [1.807, 2.05) is 75.3 Å². The van der Waals surface area contributed by atoms with Crippen LogP contribution < -0.4 is 16.0 Å². The number of hydrogen-bond donors (Lipinski definition) is 4. The second-order valence-electron chi connectivity index (χ2n) is 8.80. The molecule has 0 spiro atoms. The minimum atomic E-state index is -1.12. The van der Waals surface area contributed by atoms with Crippen LogP contribution in [0.5, 0.6) is 0 Å². The maximum Gasteiger partial charge on any atom is 0.409 e. The summed E-state index contributed by atoms with van der Waals surface area (Å²) in [5.41, 5.74) is 5.75. The molecule has 0 radical (unpaired) electrons. The highest BCUT2D eigenvalue weighted by Gasteiger charge is 2.17. The predicted octanol–water partition coefficient (Wildman–Crippen LogP) is 5.13. The largest absolute Gasteiger partial charge is 0.465 e. The van der Waals surface area contributed by atoms with Gasteiger partial charge in [-0.15, -0.1) is 0 Å². The van der Waals surface area contributed by atoms with E-state index in [0.29, 0.717) is 23.3 Å². The van der Waals surface area contributed by atoms with Crippen molar-refractivity contribution < 1.29 is 14.7 Å². The fraction of sp³-hybridized carbons (Fsp3) is 0.222. The number of nitrogens with one attached hydrogen (secondary N) is 3. The molecule has 0 saturated carbocycles. The van der Waals surface area contributed by atoms with Crippen LogP contribution in [0.4, 0.5) is 21.9 Å². The lowest BCUT2D eigenvalue weighted by Gasteiger charge is -2.17. The highest BCUT2D eigenvalue weighted by molar-refractivity contribution is 6.15. The second-order valence-corrected chi connectivity index (χ2v) is 8.80. The third-order valence-electron chi connectivity index (χ3n) is 5.87. The lowest BCUT2D eigenvalue weighted by atomic mass is 10.0. The highest BCUT2D eigenvalue weighted by atomic mass is 16.4. The second kappa shape index (κ2) is 9.99. The van der Waals surface area contributed by atoms with Gasteiger partial charge in [0.2, 0.25) is 0 Å². The summed E-state index contributed by atoms with van der Waals surface area (Å²) in [6.45, 7) is 5.10. The number of carbonyl (C=O) groups is 2. The molecule has 35 heavy (non-hydrogen) atoms. The number of carboxylic acid groups (broad SMARTS) is 1. The van der Waals surface area contributed by atoms with Gasteiger partial charge < -0.3 is 20.6 Å². The van der Waals surface area contributed by atoms with E-state index in [-0.39, 0.29) is 5.91 Å². The van der Waals surface area contributed by atoms with Crippen LogP contribution in [-0.2, 0) is 0 Å². The van der Waals surface area contributed by atoms with Crippen LogP contribution in [0, 0.1) is 13.8 Å². The van der Waals surface area contributed by atoms with Crippen LogP contribution in [0.2, 0.25) is 0 Å². The van der Waals surface area contributed by atoms with E-state index in [9.17, 15) is 14.7 Å². The summed E-state index contributed by atoms with van der Waals surface area (Å²) < 4.78 is 0. The first kappa shape index (κ1) is 24.0. The molecule has 180 valence electrons. The monoisotopic (exact) mass is 471 g/mol. The van der Waals surface area contributed by atoms with Crippen molar-refractivity contribution in [1.82, 2.24) is 15.2 Å². The summed E-state index contributed by atoms with van der Waals surface area (Å²) in [5, 5.41) is 19.8. The van der Waals surface area contributed by atoms with E-state index < -0.39 is 6.09 Å². The van der Waals surface area contributed by atoms with Crippen LogP contribution in [-0.4, -0.2) is 54.2 Å². The van der Waals surface area contributed by atoms with Crippen molar-refractivity contribution in [3.63, 3.8) is 0 Å². The Morgan fingerprint density at radius 3 is 2.37 bits per heavy atom. The standard InChI is InChI=1S/C27H29N5O3/c1-16-11-12-18(15-22(16)30-27(34)35)29-24-19-8-5-7-17(2)23(19)31-25-20(24)9-6-10-21(25)26(33)28-13-14-32(3)4/h5-12,15,30H,13-14H2,1-4H3,(H,28,33)(H,29,31)(H,34,35). The number of para-hydroxylation sites is 2. The number of aryl methyl sites for hydroxylation is 2. The Kier molecular flexibility index (Phi) is 6.84. The van der Waals surface area contributed by atoms with Gasteiger partial charge in [-0.25, -0.2) is 9.78 Å². The zero-order chi connectivity index (χ0) is 25.1. The molecule has 4 N–H and O–H groups in total. The van der Waals surface area contributed by atoms with Crippen LogP contribution in [0.1, 0.15) is 21.5 Å². The molecule has 4 aromatic rings. The first-order valence-corrected chi connectivity index (χ1v) is 11.4. The molecule has 0 aliphatic heterocycles. The van der Waals surface area contributed by atoms with Crippen LogP contribution in [0.25, 0.3) is 21.8 Å². The van der Waals surface area contributed by atoms with Crippen molar-refractivity contribution in [3.05, 3.63) is 71.3 Å². The van der Waals surface area contributed by atoms with Gasteiger partial charge in [0, 0.05) is 35.2 Å². The number of nitrogens with zero attached hydrogens (tertiary/aromatic N) is 2. The Hall–Kier alpha value is -4.17. The number of fused-ring (bicyclic) bond motifs is 2. The molecule has 0 fully saturated rings. The summed E-state index contributed by atoms with van der Waals surface area (Å²) in [6, 6.07) is 17.0. The maximum absolute atomic E-state index is 13.1. The highest BCUT2D eigenvalue weighted by Crippen LogP contribution is 2.36. The van der Waals surface area contributed by atoms with Crippen molar-refractivity contribution >= 4 is 50.9 Å². The van der Waals surface area contributed by atoms with E-state index >= 15 is 0 Å². The molecule has 4 rings (SSSR count). The third kappa shape index (κ3) is 5.17. The van der Waals surface area contributed by atoms with Crippen LogP contribution in [0.3, 0.4) is 0 Å². The fourth-order valence-electron chi connectivity index (χ4n) is 4.03. The number of aromatic nitrogens is 1. The van der Waals surface area contributed by atoms with E-state index in [0.717, 1.165) is 45.3 Å². The summed E-state index contributed by atoms with van der Waals surface area (Å²) >= 11 is 0. The molecule has 0 aliphatic rings. The lowest BCUT2D eigenvalue weighted by molar-refractivity contribution is 0.0952. The molecule has 1 aromatic heterocycles. The molecular formula is C27H29N5O3. The summed E-state index contributed by atoms with van der Waals surface area (Å²) in [4.78, 5) is 31.2. The Morgan fingerprint density at radius 1 is 0.943 bits per heavy atom. The molecular weight excluding hydrogens is 442 g/mol. The van der Waals surface area contributed by atoms with E-state index in [1.165, 1.54) is 0 Å². The average molecular weight is 472 g/mol. The van der Waals surface area contributed by atoms with Crippen LogP contribution >= 0.6 is 0 Å². The van der Waals surface area contributed by atoms with E-state index in [2.05, 4.69) is 16.0 Å². The SMILES string of the molecule is Cc1ccc(Nc2c3cccc(C)c3nc3c(C(=O)NCCN(C)C)cccc23)cc1NC(=O)O. The van der Waals surface area contributed by atoms with Gasteiger partial charge in [0.1, 0.15) is 0 Å². The molecule has 0 aliphatic carbocycles. The zero-order valence-corrected chi connectivity index (χ0v) is 20.3. The lowest BCUT2D eigenvalue weighted by Crippen LogP contribution is -2.31. The predicted molar refractivity (Wildman–Crippen MR) is 141 cm³/mol. The summed E-state index contributed by atoms with van der Waals surface area (Å²) in [7, 11) is 3.92. The van der Waals surface area contributed by atoms with Crippen molar-refractivity contribution in [1.29, 1.82) is 0 Å². The number of likely N-dealkylation sites (N-methyl/N-ethyl adjacent to an activating group) is 1. The zero-order valence-electron chi connectivity index (χ0n) is 20.3. The summed E-state index contributed by atoms with van der Waals surface area (Å²) in [6.07, 6.45) is -1.12. The number of anilines is 3. The average Bonchev–Trinajstić information content (AvgIpc) is 2.80. The van der Waals surface area contributed by atoms with Crippen molar-refractivity contribution in [3.8, 4) is 0 Å². The molecule has 8 nitrogen and oxygen atoms in total. The Balaban J connectivity index is 1.85. The van der Waals surface area contributed by atoms with Gasteiger partial charge in [0.15, 0.2) is 0 Å². The van der Waals surface area contributed by atoms with Gasteiger partial charge >= 0.3 is 6.09 Å². The Bertz CT molecular complexity index is 1430. The van der Waals surface area contributed by atoms with Gasteiger partial charge in [0.25, 0.3) is 5.91 Å². The first-order chi connectivity index (χ1) is 16.7. The number of amides is 2. The molecule has 3 aromatic carbocycles.